The predicted octanol–water partition coefficient (Wildman–Crippen LogP) is 1.82. The molecule has 18 heavy (non-hydrogen) atoms. The first-order valence-corrected chi connectivity index (χ1v) is 6.09. The van der Waals surface area contributed by atoms with Gasteiger partial charge in [0.15, 0.2) is 0 Å². The van der Waals surface area contributed by atoms with Crippen molar-refractivity contribution in [1.29, 1.82) is 5.26 Å². The molecule has 4 nitrogen and oxygen atoms in total. The van der Waals surface area contributed by atoms with E-state index in [0.29, 0.717) is 25.2 Å². The fourth-order valence-electron chi connectivity index (χ4n) is 1.75. The standard InChI is InChI=1S/C14H19N3O/c1-3-17(10-11(2)9-15)14(18)8-12-6-4-5-7-13(12)16/h4-7,11H,3,8,10,16H2,1-2H3. The molecule has 96 valence electrons. The van der Waals surface area contributed by atoms with Crippen LogP contribution in [-0.2, 0) is 11.2 Å². The quantitative estimate of drug-likeness (QED) is 0.804. The molecule has 0 spiro atoms. The average Bonchev–Trinajstić information content (AvgIpc) is 2.38. The van der Waals surface area contributed by atoms with Gasteiger partial charge in [0.1, 0.15) is 0 Å². The number of hydrogen-bond donors (Lipinski definition) is 1. The molecule has 0 aromatic heterocycles. The summed E-state index contributed by atoms with van der Waals surface area (Å²) in [6.45, 7) is 4.80. The van der Waals surface area contributed by atoms with Gasteiger partial charge >= 0.3 is 0 Å². The van der Waals surface area contributed by atoms with Crippen LogP contribution in [0.2, 0.25) is 0 Å². The van der Waals surface area contributed by atoms with E-state index in [1.807, 2.05) is 32.0 Å². The van der Waals surface area contributed by atoms with E-state index in [9.17, 15) is 4.79 Å². The molecule has 0 saturated heterocycles. The molecule has 2 N–H and O–H groups in total. The largest absolute Gasteiger partial charge is 0.398 e. The van der Waals surface area contributed by atoms with E-state index < -0.39 is 0 Å². The molecule has 1 unspecified atom stereocenters. The van der Waals surface area contributed by atoms with Crippen molar-refractivity contribution in [2.75, 3.05) is 18.8 Å². The Labute approximate surface area is 108 Å². The number of likely N-dealkylation sites (N-methyl/N-ethyl adjacent to an activating group) is 1. The molecule has 0 radical (unpaired) electrons. The zero-order valence-electron chi connectivity index (χ0n) is 10.9. The molecule has 4 heteroatoms. The normalized spacial score (nSPS) is 11.6. The molecule has 1 rings (SSSR count). The second-order valence-corrected chi connectivity index (χ2v) is 4.34. The van der Waals surface area contributed by atoms with Crippen molar-refractivity contribution in [2.24, 2.45) is 5.92 Å². The molecule has 0 fully saturated rings. The van der Waals surface area contributed by atoms with Crippen molar-refractivity contribution in [2.45, 2.75) is 20.3 Å². The smallest absolute Gasteiger partial charge is 0.227 e. The number of carbonyl (C=O) groups excluding carboxylic acids is 1. The van der Waals surface area contributed by atoms with Crippen LogP contribution >= 0.6 is 0 Å². The van der Waals surface area contributed by atoms with Crippen LogP contribution in [0, 0.1) is 17.2 Å². The highest BCUT2D eigenvalue weighted by atomic mass is 16.2. The van der Waals surface area contributed by atoms with E-state index in [0.717, 1.165) is 5.56 Å². The first-order chi connectivity index (χ1) is 8.58. The zero-order chi connectivity index (χ0) is 13.5. The van der Waals surface area contributed by atoms with Crippen molar-refractivity contribution in [3.05, 3.63) is 29.8 Å². The molecule has 1 aromatic rings. The summed E-state index contributed by atoms with van der Waals surface area (Å²) >= 11 is 0. The summed E-state index contributed by atoms with van der Waals surface area (Å²) in [6, 6.07) is 9.50. The summed E-state index contributed by atoms with van der Waals surface area (Å²) in [5.74, 6) is -0.139. The zero-order valence-corrected chi connectivity index (χ0v) is 10.9. The summed E-state index contributed by atoms with van der Waals surface area (Å²) in [6.07, 6.45) is 0.290. The van der Waals surface area contributed by atoms with Crippen LogP contribution in [-0.4, -0.2) is 23.9 Å². The lowest BCUT2D eigenvalue weighted by molar-refractivity contribution is -0.130. The Balaban J connectivity index is 2.69. The third-order valence-electron chi connectivity index (χ3n) is 2.85. The van der Waals surface area contributed by atoms with Crippen molar-refractivity contribution < 1.29 is 4.79 Å². The summed E-state index contributed by atoms with van der Waals surface area (Å²) < 4.78 is 0. The summed E-state index contributed by atoms with van der Waals surface area (Å²) in [4.78, 5) is 13.8. The number of para-hydroxylation sites is 1. The molecule has 0 heterocycles. The first-order valence-electron chi connectivity index (χ1n) is 6.09. The third kappa shape index (κ3) is 3.77. The lowest BCUT2D eigenvalue weighted by Gasteiger charge is -2.22. The highest BCUT2D eigenvalue weighted by Gasteiger charge is 2.15. The lowest BCUT2D eigenvalue weighted by Crippen LogP contribution is -2.35. The highest BCUT2D eigenvalue weighted by molar-refractivity contribution is 5.80. The first kappa shape index (κ1) is 14.0. The fraction of sp³-hybridized carbons (Fsp3) is 0.429. The molecule has 0 aliphatic carbocycles. The number of rotatable bonds is 5. The Morgan fingerprint density at radius 3 is 2.72 bits per heavy atom. The Morgan fingerprint density at radius 1 is 1.50 bits per heavy atom. The van der Waals surface area contributed by atoms with E-state index in [4.69, 9.17) is 11.0 Å². The maximum absolute atomic E-state index is 12.1. The molecule has 1 aromatic carbocycles. The lowest BCUT2D eigenvalue weighted by atomic mass is 10.1. The van der Waals surface area contributed by atoms with Crippen LogP contribution in [0.5, 0.6) is 0 Å². The SMILES string of the molecule is CCN(CC(C)C#N)C(=O)Cc1ccccc1N. The number of nitrogens with zero attached hydrogens (tertiary/aromatic N) is 2. The van der Waals surface area contributed by atoms with Gasteiger partial charge in [-0.05, 0) is 25.5 Å². The van der Waals surface area contributed by atoms with Gasteiger partial charge in [0.25, 0.3) is 0 Å². The maximum Gasteiger partial charge on any atom is 0.227 e. The average molecular weight is 245 g/mol. The topological polar surface area (TPSA) is 70.1 Å². The van der Waals surface area contributed by atoms with Crippen LogP contribution in [0.25, 0.3) is 0 Å². The van der Waals surface area contributed by atoms with Gasteiger partial charge in [0, 0.05) is 18.8 Å². The minimum atomic E-state index is -0.151. The third-order valence-corrected chi connectivity index (χ3v) is 2.85. The number of nitriles is 1. The summed E-state index contributed by atoms with van der Waals surface area (Å²) in [5, 5.41) is 8.79. The molecule has 0 bridgehead atoms. The van der Waals surface area contributed by atoms with E-state index in [2.05, 4.69) is 6.07 Å². The van der Waals surface area contributed by atoms with Crippen LogP contribution < -0.4 is 5.73 Å². The minimum Gasteiger partial charge on any atom is -0.398 e. The Morgan fingerprint density at radius 2 is 2.17 bits per heavy atom. The van der Waals surface area contributed by atoms with Crippen molar-refractivity contribution in [1.82, 2.24) is 4.90 Å². The van der Waals surface area contributed by atoms with Crippen LogP contribution in [0.15, 0.2) is 24.3 Å². The van der Waals surface area contributed by atoms with Crippen molar-refractivity contribution in [3.8, 4) is 6.07 Å². The Hall–Kier alpha value is -2.02. The fourth-order valence-corrected chi connectivity index (χ4v) is 1.75. The summed E-state index contributed by atoms with van der Waals surface area (Å²) in [7, 11) is 0. The van der Waals surface area contributed by atoms with Crippen molar-refractivity contribution >= 4 is 11.6 Å². The van der Waals surface area contributed by atoms with Gasteiger partial charge < -0.3 is 10.6 Å². The minimum absolute atomic E-state index is 0.0116. The van der Waals surface area contributed by atoms with E-state index >= 15 is 0 Å². The molecule has 0 aliphatic heterocycles. The molecule has 1 amide bonds. The number of nitrogens with two attached hydrogens (primary N) is 1. The van der Waals surface area contributed by atoms with Gasteiger partial charge in [-0.1, -0.05) is 18.2 Å². The van der Waals surface area contributed by atoms with E-state index in [-0.39, 0.29) is 11.8 Å². The van der Waals surface area contributed by atoms with E-state index in [1.54, 1.807) is 11.0 Å². The van der Waals surface area contributed by atoms with Crippen LogP contribution in [0.1, 0.15) is 19.4 Å². The maximum atomic E-state index is 12.1. The molecular formula is C14H19N3O. The number of nitrogen functional groups attached to an aromatic ring is 1. The second-order valence-electron chi connectivity index (χ2n) is 4.34. The Kier molecular flexibility index (Phi) is 5.19. The van der Waals surface area contributed by atoms with Crippen molar-refractivity contribution in [3.63, 3.8) is 0 Å². The van der Waals surface area contributed by atoms with Gasteiger partial charge in [0.2, 0.25) is 5.91 Å². The molecule has 0 aliphatic rings. The molecule has 1 atom stereocenters. The van der Waals surface area contributed by atoms with Gasteiger partial charge in [-0.25, -0.2) is 0 Å². The number of amides is 1. The van der Waals surface area contributed by atoms with Gasteiger partial charge in [-0.15, -0.1) is 0 Å². The van der Waals surface area contributed by atoms with Gasteiger partial charge in [-0.3, -0.25) is 4.79 Å². The number of hydrogen-bond acceptors (Lipinski definition) is 3. The second kappa shape index (κ2) is 6.65. The number of carbonyl (C=O) groups is 1. The summed E-state index contributed by atoms with van der Waals surface area (Å²) in [5.41, 5.74) is 7.29. The highest BCUT2D eigenvalue weighted by Crippen LogP contribution is 2.13. The van der Waals surface area contributed by atoms with E-state index in [1.165, 1.54) is 0 Å². The predicted molar refractivity (Wildman–Crippen MR) is 71.6 cm³/mol. The number of benzene rings is 1. The molecular weight excluding hydrogens is 226 g/mol. The monoisotopic (exact) mass is 245 g/mol. The molecule has 0 saturated carbocycles. The van der Waals surface area contributed by atoms with Crippen LogP contribution in [0.4, 0.5) is 5.69 Å². The Bertz CT molecular complexity index is 451. The van der Waals surface area contributed by atoms with Gasteiger partial charge in [0.05, 0.1) is 18.4 Å². The van der Waals surface area contributed by atoms with Gasteiger partial charge in [-0.2, -0.15) is 5.26 Å². The van der Waals surface area contributed by atoms with Crippen LogP contribution in [0.3, 0.4) is 0 Å². The number of anilines is 1.